The summed E-state index contributed by atoms with van der Waals surface area (Å²) in [6.07, 6.45) is 2.62. The molecule has 1 aromatic carbocycles. The van der Waals surface area contributed by atoms with Gasteiger partial charge in [0, 0.05) is 17.2 Å². The van der Waals surface area contributed by atoms with Gasteiger partial charge in [0.05, 0.1) is 5.69 Å². The zero-order valence-corrected chi connectivity index (χ0v) is 9.48. The van der Waals surface area contributed by atoms with E-state index in [9.17, 15) is 0 Å². The van der Waals surface area contributed by atoms with Crippen LogP contribution < -0.4 is 0 Å². The largest absolute Gasteiger partial charge is 0.253 e. The molecule has 2 aromatic rings. The molecule has 16 heavy (non-hydrogen) atoms. The Hall–Kier alpha value is -1.63. The zero-order valence-electron chi connectivity index (χ0n) is 9.48. The van der Waals surface area contributed by atoms with Crippen LogP contribution in [0.25, 0.3) is 11.3 Å². The van der Waals surface area contributed by atoms with Crippen molar-refractivity contribution in [1.29, 1.82) is 0 Å². The smallest absolute Gasteiger partial charge is 0.0708 e. The lowest BCUT2D eigenvalue weighted by Gasteiger charge is -2.05. The van der Waals surface area contributed by atoms with Gasteiger partial charge in [-0.3, -0.25) is 4.98 Å². The van der Waals surface area contributed by atoms with Gasteiger partial charge in [0.1, 0.15) is 0 Å². The van der Waals surface area contributed by atoms with E-state index in [1.807, 2.05) is 6.07 Å². The van der Waals surface area contributed by atoms with Crippen LogP contribution in [0.1, 0.15) is 30.0 Å². The van der Waals surface area contributed by atoms with E-state index in [1.165, 1.54) is 29.7 Å². The number of hydrogen-bond donors (Lipinski definition) is 0. The first kappa shape index (κ1) is 9.59. The molecule has 0 atom stereocenters. The lowest BCUT2D eigenvalue weighted by molar-refractivity contribution is 1.02. The summed E-state index contributed by atoms with van der Waals surface area (Å²) in [5, 5.41) is 0. The van der Waals surface area contributed by atoms with Crippen LogP contribution in [0.4, 0.5) is 0 Å². The Morgan fingerprint density at radius 2 is 1.81 bits per heavy atom. The van der Waals surface area contributed by atoms with Crippen molar-refractivity contribution in [3.05, 3.63) is 53.7 Å². The molecule has 1 fully saturated rings. The molecule has 1 heterocycles. The maximum absolute atomic E-state index is 4.77. The van der Waals surface area contributed by atoms with Crippen molar-refractivity contribution in [2.24, 2.45) is 0 Å². The van der Waals surface area contributed by atoms with E-state index < -0.39 is 0 Å². The van der Waals surface area contributed by atoms with E-state index in [1.54, 1.807) is 0 Å². The number of rotatable bonds is 2. The minimum absolute atomic E-state index is 0.724. The van der Waals surface area contributed by atoms with Crippen LogP contribution in [0.15, 0.2) is 42.5 Å². The summed E-state index contributed by atoms with van der Waals surface area (Å²) in [7, 11) is 0. The molecule has 1 aliphatic rings. The lowest BCUT2D eigenvalue weighted by atomic mass is 10.1. The van der Waals surface area contributed by atoms with Gasteiger partial charge in [0.15, 0.2) is 0 Å². The van der Waals surface area contributed by atoms with Crippen LogP contribution >= 0.6 is 0 Å². The molecule has 0 radical (unpaired) electrons. The number of nitrogens with zero attached hydrogens (tertiary/aromatic N) is 1. The van der Waals surface area contributed by atoms with Gasteiger partial charge < -0.3 is 0 Å². The number of aryl methyl sites for hydroxylation is 1. The van der Waals surface area contributed by atoms with Crippen LogP contribution in [0.5, 0.6) is 0 Å². The van der Waals surface area contributed by atoms with E-state index in [-0.39, 0.29) is 0 Å². The highest BCUT2D eigenvalue weighted by Crippen LogP contribution is 2.39. The molecule has 1 saturated carbocycles. The normalized spacial score (nSPS) is 15.1. The molecule has 1 nitrogen and oxygen atoms in total. The Kier molecular flexibility index (Phi) is 2.24. The highest BCUT2D eigenvalue weighted by Gasteiger charge is 2.25. The summed E-state index contributed by atoms with van der Waals surface area (Å²) in [5.41, 5.74) is 4.92. The van der Waals surface area contributed by atoms with Crippen LogP contribution in [0.3, 0.4) is 0 Å². The maximum atomic E-state index is 4.77. The van der Waals surface area contributed by atoms with Crippen LogP contribution in [0, 0.1) is 6.92 Å². The Bertz CT molecular complexity index is 498. The Morgan fingerprint density at radius 1 is 1.06 bits per heavy atom. The van der Waals surface area contributed by atoms with Crippen LogP contribution in [-0.4, -0.2) is 4.98 Å². The third kappa shape index (κ3) is 1.85. The molecular weight excluding hydrogens is 194 g/mol. The van der Waals surface area contributed by atoms with E-state index in [2.05, 4.69) is 43.3 Å². The summed E-state index contributed by atoms with van der Waals surface area (Å²) in [5.74, 6) is 0.724. The summed E-state index contributed by atoms with van der Waals surface area (Å²) >= 11 is 0. The molecule has 0 spiro atoms. The van der Waals surface area contributed by atoms with Crippen molar-refractivity contribution >= 4 is 0 Å². The Balaban J connectivity index is 2.06. The Labute approximate surface area is 96.2 Å². The molecule has 1 aliphatic carbocycles. The quantitative estimate of drug-likeness (QED) is 0.730. The van der Waals surface area contributed by atoms with Gasteiger partial charge in [-0.15, -0.1) is 0 Å². The number of benzene rings is 1. The topological polar surface area (TPSA) is 12.9 Å². The van der Waals surface area contributed by atoms with E-state index in [4.69, 9.17) is 4.98 Å². The van der Waals surface area contributed by atoms with Gasteiger partial charge >= 0.3 is 0 Å². The second kappa shape index (κ2) is 3.75. The molecule has 80 valence electrons. The van der Waals surface area contributed by atoms with Gasteiger partial charge in [-0.1, -0.05) is 30.3 Å². The van der Waals surface area contributed by atoms with Crippen molar-refractivity contribution in [1.82, 2.24) is 4.98 Å². The average Bonchev–Trinajstić information content (AvgIpc) is 3.13. The summed E-state index contributed by atoms with van der Waals surface area (Å²) in [4.78, 5) is 4.77. The van der Waals surface area contributed by atoms with Crippen molar-refractivity contribution in [2.75, 3.05) is 0 Å². The lowest BCUT2D eigenvalue weighted by Crippen LogP contribution is -1.91. The molecule has 1 heteroatoms. The molecule has 1 aromatic heterocycles. The van der Waals surface area contributed by atoms with Gasteiger partial charge in [-0.2, -0.15) is 0 Å². The van der Waals surface area contributed by atoms with E-state index in [0.29, 0.717) is 0 Å². The maximum Gasteiger partial charge on any atom is 0.0708 e. The highest BCUT2D eigenvalue weighted by molar-refractivity contribution is 5.60. The molecule has 0 bridgehead atoms. The predicted molar refractivity (Wildman–Crippen MR) is 66.4 cm³/mol. The first-order valence-corrected chi connectivity index (χ1v) is 5.87. The second-order valence-electron chi connectivity index (χ2n) is 4.59. The van der Waals surface area contributed by atoms with E-state index >= 15 is 0 Å². The molecule has 0 aliphatic heterocycles. The third-order valence-corrected chi connectivity index (χ3v) is 3.05. The molecule has 0 amide bonds. The summed E-state index contributed by atoms with van der Waals surface area (Å²) in [6.45, 7) is 2.15. The minimum atomic E-state index is 0.724. The number of aromatic nitrogens is 1. The first-order chi connectivity index (χ1) is 7.83. The van der Waals surface area contributed by atoms with Gasteiger partial charge in [-0.25, -0.2) is 0 Å². The van der Waals surface area contributed by atoms with Gasteiger partial charge in [-0.05, 0) is 37.5 Å². The monoisotopic (exact) mass is 209 g/mol. The van der Waals surface area contributed by atoms with Gasteiger partial charge in [0.2, 0.25) is 0 Å². The fourth-order valence-corrected chi connectivity index (χ4v) is 2.04. The molecule has 0 unspecified atom stereocenters. The van der Waals surface area contributed by atoms with Crippen molar-refractivity contribution in [3.63, 3.8) is 0 Å². The number of pyridine rings is 1. The minimum Gasteiger partial charge on any atom is -0.253 e. The third-order valence-electron chi connectivity index (χ3n) is 3.05. The molecular formula is C15H15N. The SMILES string of the molecule is Cc1cc(-c2ccccc2)nc(C2CC2)c1. The molecule has 0 N–H and O–H groups in total. The highest BCUT2D eigenvalue weighted by atomic mass is 14.7. The Morgan fingerprint density at radius 3 is 2.50 bits per heavy atom. The molecule has 0 saturated heterocycles. The average molecular weight is 209 g/mol. The summed E-state index contributed by atoms with van der Waals surface area (Å²) < 4.78 is 0. The number of hydrogen-bond acceptors (Lipinski definition) is 1. The van der Waals surface area contributed by atoms with E-state index in [0.717, 1.165) is 11.6 Å². The standard InChI is InChI=1S/C15H15N/c1-11-9-14(12-5-3-2-4-6-12)16-15(10-11)13-7-8-13/h2-6,9-10,13H,7-8H2,1H3. The fraction of sp³-hybridized carbons (Fsp3) is 0.267. The van der Waals surface area contributed by atoms with Crippen molar-refractivity contribution in [2.45, 2.75) is 25.7 Å². The first-order valence-electron chi connectivity index (χ1n) is 5.87. The van der Waals surface area contributed by atoms with Gasteiger partial charge in [0.25, 0.3) is 0 Å². The zero-order chi connectivity index (χ0) is 11.0. The van der Waals surface area contributed by atoms with Crippen molar-refractivity contribution in [3.8, 4) is 11.3 Å². The second-order valence-corrected chi connectivity index (χ2v) is 4.59. The van der Waals surface area contributed by atoms with Crippen LogP contribution in [0.2, 0.25) is 0 Å². The van der Waals surface area contributed by atoms with Crippen molar-refractivity contribution < 1.29 is 0 Å². The summed E-state index contributed by atoms with van der Waals surface area (Å²) in [6, 6.07) is 14.8. The fourth-order valence-electron chi connectivity index (χ4n) is 2.04. The molecule has 3 rings (SSSR count). The predicted octanol–water partition coefficient (Wildman–Crippen LogP) is 3.93. The van der Waals surface area contributed by atoms with Crippen LogP contribution in [-0.2, 0) is 0 Å².